The highest BCUT2D eigenvalue weighted by Gasteiger charge is 2.35. The zero-order chi connectivity index (χ0) is 11.4. The fraction of sp³-hybridized carbons (Fsp3) is 0.750. The summed E-state index contributed by atoms with van der Waals surface area (Å²) in [5, 5.41) is 3.53. The monoisotopic (exact) mass is 239 g/mol. The van der Waals surface area contributed by atoms with Crippen LogP contribution in [0.1, 0.15) is 31.6 Å². The topological polar surface area (TPSA) is 28.2 Å². The smallest absolute Gasteiger partial charge is 0.0794 e. The molecule has 0 atom stereocenters. The first-order valence-electron chi connectivity index (χ1n) is 6.14. The van der Waals surface area contributed by atoms with E-state index in [-0.39, 0.29) is 0 Å². The van der Waals surface area contributed by atoms with Gasteiger partial charge < -0.3 is 5.32 Å². The third kappa shape index (κ3) is 2.29. The third-order valence-electron chi connectivity index (χ3n) is 3.83. The van der Waals surface area contributed by atoms with Crippen LogP contribution in [-0.2, 0) is 6.54 Å². The number of hydrogen-bond acceptors (Lipinski definition) is 4. The van der Waals surface area contributed by atoms with E-state index in [0.717, 1.165) is 26.2 Å². The lowest BCUT2D eigenvalue weighted by atomic mass is 9.88. The Hall–Kier alpha value is -0.450. The van der Waals surface area contributed by atoms with Crippen LogP contribution < -0.4 is 5.32 Å². The molecule has 0 amide bonds. The van der Waals surface area contributed by atoms with Crippen molar-refractivity contribution in [2.45, 2.75) is 38.8 Å². The molecule has 0 radical (unpaired) electrons. The normalized spacial score (nSPS) is 21.1. The van der Waals surface area contributed by atoms with Gasteiger partial charge >= 0.3 is 0 Å². The van der Waals surface area contributed by atoms with E-state index in [2.05, 4.69) is 29.0 Å². The van der Waals surface area contributed by atoms with Gasteiger partial charge in [-0.2, -0.15) is 0 Å². The van der Waals surface area contributed by atoms with Gasteiger partial charge in [-0.1, -0.05) is 13.8 Å². The Kier molecular flexibility index (Phi) is 3.95. The molecule has 2 rings (SSSR count). The van der Waals surface area contributed by atoms with Crippen molar-refractivity contribution in [3.63, 3.8) is 0 Å². The molecule has 1 fully saturated rings. The van der Waals surface area contributed by atoms with Crippen molar-refractivity contribution in [1.82, 2.24) is 15.2 Å². The molecule has 0 unspecified atom stereocenters. The second-order valence-electron chi connectivity index (χ2n) is 4.50. The van der Waals surface area contributed by atoms with E-state index < -0.39 is 0 Å². The molecule has 1 aliphatic heterocycles. The third-order valence-corrected chi connectivity index (χ3v) is 4.59. The Labute approximate surface area is 102 Å². The van der Waals surface area contributed by atoms with Crippen molar-refractivity contribution in [2.24, 2.45) is 0 Å². The predicted octanol–water partition coefficient (Wildman–Crippen LogP) is 2.11. The summed E-state index contributed by atoms with van der Waals surface area (Å²) in [5.41, 5.74) is 2.28. The van der Waals surface area contributed by atoms with E-state index in [1.807, 2.05) is 11.7 Å². The lowest BCUT2D eigenvalue weighted by molar-refractivity contribution is 0.0456. The molecule has 4 heteroatoms. The van der Waals surface area contributed by atoms with E-state index in [1.165, 1.54) is 17.7 Å². The SMILES string of the molecule is CCC1(CC)CNCCN1Cc1cncs1. The summed E-state index contributed by atoms with van der Waals surface area (Å²) in [7, 11) is 0. The van der Waals surface area contributed by atoms with Crippen LogP contribution in [0.5, 0.6) is 0 Å². The van der Waals surface area contributed by atoms with E-state index in [0.29, 0.717) is 5.54 Å². The van der Waals surface area contributed by atoms with Crippen LogP contribution in [0.3, 0.4) is 0 Å². The molecular weight excluding hydrogens is 218 g/mol. The minimum atomic E-state index is 0.349. The summed E-state index contributed by atoms with van der Waals surface area (Å²) in [6.45, 7) is 9.05. The molecule has 0 spiro atoms. The first kappa shape index (κ1) is 12.0. The Morgan fingerprint density at radius 3 is 2.94 bits per heavy atom. The molecule has 1 aliphatic rings. The average molecular weight is 239 g/mol. The van der Waals surface area contributed by atoms with Gasteiger partial charge in [0.25, 0.3) is 0 Å². The second-order valence-corrected chi connectivity index (χ2v) is 5.47. The number of piperazine rings is 1. The summed E-state index contributed by atoms with van der Waals surface area (Å²) in [6, 6.07) is 0. The fourth-order valence-electron chi connectivity index (χ4n) is 2.59. The van der Waals surface area contributed by atoms with Crippen LogP contribution in [0.25, 0.3) is 0 Å². The lowest BCUT2D eigenvalue weighted by Crippen LogP contribution is -2.60. The van der Waals surface area contributed by atoms with Gasteiger partial charge in [0.2, 0.25) is 0 Å². The molecule has 2 heterocycles. The molecule has 1 aromatic heterocycles. The molecule has 0 aliphatic carbocycles. The molecule has 0 bridgehead atoms. The number of nitrogens with zero attached hydrogens (tertiary/aromatic N) is 2. The molecule has 16 heavy (non-hydrogen) atoms. The lowest BCUT2D eigenvalue weighted by Gasteiger charge is -2.46. The van der Waals surface area contributed by atoms with E-state index in [9.17, 15) is 0 Å². The predicted molar refractivity (Wildman–Crippen MR) is 68.7 cm³/mol. The zero-order valence-corrected chi connectivity index (χ0v) is 11.0. The van der Waals surface area contributed by atoms with Gasteiger partial charge in [-0.15, -0.1) is 11.3 Å². The van der Waals surface area contributed by atoms with Crippen molar-refractivity contribution in [3.05, 3.63) is 16.6 Å². The van der Waals surface area contributed by atoms with E-state index in [4.69, 9.17) is 0 Å². The standard InChI is InChI=1S/C12H21N3S/c1-3-12(4-2)9-13-5-6-15(12)8-11-7-14-10-16-11/h7,10,13H,3-6,8-9H2,1-2H3. The Balaban J connectivity index is 2.10. The molecule has 1 N–H and O–H groups in total. The Morgan fingerprint density at radius 1 is 1.50 bits per heavy atom. The van der Waals surface area contributed by atoms with Gasteiger partial charge in [-0.05, 0) is 12.8 Å². The summed E-state index contributed by atoms with van der Waals surface area (Å²) < 4.78 is 0. The highest BCUT2D eigenvalue weighted by molar-refractivity contribution is 7.09. The second kappa shape index (κ2) is 5.25. The minimum Gasteiger partial charge on any atom is -0.314 e. The van der Waals surface area contributed by atoms with Gasteiger partial charge in [0.15, 0.2) is 0 Å². The zero-order valence-electron chi connectivity index (χ0n) is 10.2. The first-order chi connectivity index (χ1) is 7.80. The molecule has 0 saturated carbocycles. The maximum Gasteiger partial charge on any atom is 0.0794 e. The summed E-state index contributed by atoms with van der Waals surface area (Å²) in [6.07, 6.45) is 4.44. The van der Waals surface area contributed by atoms with E-state index in [1.54, 1.807) is 11.3 Å². The van der Waals surface area contributed by atoms with Gasteiger partial charge in [0.05, 0.1) is 5.51 Å². The summed E-state index contributed by atoms with van der Waals surface area (Å²) in [5.74, 6) is 0. The Morgan fingerprint density at radius 2 is 2.31 bits per heavy atom. The van der Waals surface area contributed by atoms with Gasteiger partial charge in [0.1, 0.15) is 0 Å². The highest BCUT2D eigenvalue weighted by atomic mass is 32.1. The van der Waals surface area contributed by atoms with Crippen LogP contribution in [0.4, 0.5) is 0 Å². The van der Waals surface area contributed by atoms with E-state index >= 15 is 0 Å². The van der Waals surface area contributed by atoms with Crippen LogP contribution >= 0.6 is 11.3 Å². The van der Waals surface area contributed by atoms with Gasteiger partial charge in [-0.3, -0.25) is 9.88 Å². The molecule has 1 aromatic rings. The van der Waals surface area contributed by atoms with Crippen LogP contribution in [-0.4, -0.2) is 35.1 Å². The highest BCUT2D eigenvalue weighted by Crippen LogP contribution is 2.27. The average Bonchev–Trinajstić information content (AvgIpc) is 2.83. The summed E-state index contributed by atoms with van der Waals surface area (Å²) in [4.78, 5) is 8.18. The molecule has 0 aromatic carbocycles. The van der Waals surface area contributed by atoms with Crippen LogP contribution in [0.15, 0.2) is 11.7 Å². The number of rotatable bonds is 4. The van der Waals surface area contributed by atoms with Crippen LogP contribution in [0, 0.1) is 0 Å². The molecule has 3 nitrogen and oxygen atoms in total. The maximum atomic E-state index is 4.16. The minimum absolute atomic E-state index is 0.349. The number of hydrogen-bond donors (Lipinski definition) is 1. The van der Waals surface area contributed by atoms with Crippen molar-refractivity contribution in [1.29, 1.82) is 0 Å². The number of nitrogens with one attached hydrogen (secondary N) is 1. The van der Waals surface area contributed by atoms with Gasteiger partial charge in [0, 0.05) is 42.8 Å². The molecular formula is C12H21N3S. The largest absolute Gasteiger partial charge is 0.314 e. The number of thiazole rings is 1. The Bertz CT molecular complexity index is 306. The van der Waals surface area contributed by atoms with Crippen molar-refractivity contribution in [2.75, 3.05) is 19.6 Å². The van der Waals surface area contributed by atoms with Gasteiger partial charge in [-0.25, -0.2) is 0 Å². The molecule has 90 valence electrons. The molecule has 1 saturated heterocycles. The first-order valence-corrected chi connectivity index (χ1v) is 7.02. The van der Waals surface area contributed by atoms with Crippen molar-refractivity contribution >= 4 is 11.3 Å². The quantitative estimate of drug-likeness (QED) is 0.872. The maximum absolute atomic E-state index is 4.16. The summed E-state index contributed by atoms with van der Waals surface area (Å²) >= 11 is 1.77. The van der Waals surface area contributed by atoms with Crippen molar-refractivity contribution < 1.29 is 0 Å². The van der Waals surface area contributed by atoms with Crippen LogP contribution in [0.2, 0.25) is 0 Å². The van der Waals surface area contributed by atoms with Crippen molar-refractivity contribution in [3.8, 4) is 0 Å². The fourth-order valence-corrected chi connectivity index (χ4v) is 3.20. The number of aromatic nitrogens is 1.